The van der Waals surface area contributed by atoms with Gasteiger partial charge in [0.1, 0.15) is 12.2 Å². The van der Waals surface area contributed by atoms with E-state index >= 15 is 0 Å². The summed E-state index contributed by atoms with van der Waals surface area (Å²) in [5.41, 5.74) is 7.68. The molecule has 3 aromatic rings. The van der Waals surface area contributed by atoms with E-state index in [4.69, 9.17) is 11.1 Å². The van der Waals surface area contributed by atoms with E-state index < -0.39 is 0 Å². The summed E-state index contributed by atoms with van der Waals surface area (Å²) >= 11 is 1.63. The molecule has 3 heterocycles. The van der Waals surface area contributed by atoms with Gasteiger partial charge in [-0.15, -0.1) is 11.3 Å². The number of thiophene rings is 1. The van der Waals surface area contributed by atoms with Crippen LogP contribution in [0.4, 0.5) is 0 Å². The number of rotatable bonds is 2. The number of nitrogen functional groups attached to an aromatic ring is 1. The van der Waals surface area contributed by atoms with Gasteiger partial charge in [-0.05, 0) is 23.6 Å². The largest absolute Gasteiger partial charge is 0.384 e. The van der Waals surface area contributed by atoms with E-state index in [1.165, 1.54) is 6.33 Å². The van der Waals surface area contributed by atoms with E-state index in [0.29, 0.717) is 11.2 Å². The van der Waals surface area contributed by atoms with E-state index in [0.717, 1.165) is 10.6 Å². The number of pyridine rings is 1. The van der Waals surface area contributed by atoms with E-state index in [9.17, 15) is 0 Å². The highest BCUT2D eigenvalue weighted by Crippen LogP contribution is 2.25. The van der Waals surface area contributed by atoms with E-state index in [2.05, 4.69) is 10.1 Å². The summed E-state index contributed by atoms with van der Waals surface area (Å²) < 4.78 is 1.71. The first-order valence-corrected chi connectivity index (χ1v) is 5.86. The molecule has 0 atom stereocenters. The van der Waals surface area contributed by atoms with Crippen LogP contribution in [0.1, 0.15) is 5.56 Å². The van der Waals surface area contributed by atoms with Crippen LogP contribution in [0.5, 0.6) is 0 Å². The van der Waals surface area contributed by atoms with Gasteiger partial charge in [0.2, 0.25) is 0 Å². The first kappa shape index (κ1) is 9.98. The van der Waals surface area contributed by atoms with Crippen LogP contribution in [-0.2, 0) is 0 Å². The van der Waals surface area contributed by atoms with Crippen LogP contribution < -0.4 is 5.73 Å². The van der Waals surface area contributed by atoms with Crippen LogP contribution >= 0.6 is 11.3 Å². The average molecular weight is 243 g/mol. The third-order valence-corrected chi connectivity index (χ3v) is 3.38. The number of nitrogens with one attached hydrogen (secondary N) is 1. The normalized spacial score (nSPS) is 10.8. The van der Waals surface area contributed by atoms with Crippen LogP contribution in [0.25, 0.3) is 16.2 Å². The molecule has 0 saturated carbocycles. The molecule has 6 heteroatoms. The molecule has 0 radical (unpaired) electrons. The van der Waals surface area contributed by atoms with Crippen LogP contribution in [0, 0.1) is 5.41 Å². The van der Waals surface area contributed by atoms with Gasteiger partial charge in [0.15, 0.2) is 5.65 Å². The molecule has 0 saturated heterocycles. The first-order chi connectivity index (χ1) is 8.27. The van der Waals surface area contributed by atoms with Gasteiger partial charge in [0, 0.05) is 0 Å². The molecule has 84 valence electrons. The summed E-state index contributed by atoms with van der Waals surface area (Å²) in [6.07, 6.45) is 1.47. The van der Waals surface area contributed by atoms with Crippen LogP contribution in [0.3, 0.4) is 0 Å². The van der Waals surface area contributed by atoms with Crippen molar-refractivity contribution < 1.29 is 0 Å². The van der Waals surface area contributed by atoms with Gasteiger partial charge in [0.25, 0.3) is 0 Å². The molecular weight excluding hydrogens is 234 g/mol. The van der Waals surface area contributed by atoms with Crippen molar-refractivity contribution in [3.05, 3.63) is 41.5 Å². The second-order valence-corrected chi connectivity index (χ2v) is 4.47. The standard InChI is InChI=1S/C11H9N5S/c12-10(13)7-3-4-8(9-2-1-5-17-9)16-11(7)14-6-15-16/h1-6H,(H3,12,13). The fourth-order valence-electron chi connectivity index (χ4n) is 1.73. The Morgan fingerprint density at radius 1 is 1.35 bits per heavy atom. The van der Waals surface area contributed by atoms with Gasteiger partial charge in [-0.1, -0.05) is 6.07 Å². The Morgan fingerprint density at radius 3 is 2.94 bits per heavy atom. The number of hydrogen-bond acceptors (Lipinski definition) is 4. The lowest BCUT2D eigenvalue weighted by molar-refractivity contribution is 0.970. The number of amidine groups is 1. The smallest absolute Gasteiger partial charge is 0.166 e. The summed E-state index contributed by atoms with van der Waals surface area (Å²) in [5, 5.41) is 13.7. The van der Waals surface area contributed by atoms with Crippen molar-refractivity contribution >= 4 is 22.8 Å². The molecule has 0 unspecified atom stereocenters. The van der Waals surface area contributed by atoms with Gasteiger partial charge in [0.05, 0.1) is 16.1 Å². The predicted octanol–water partition coefficient (Wildman–Crippen LogP) is 1.74. The summed E-state index contributed by atoms with van der Waals surface area (Å²) in [6, 6.07) is 7.72. The quantitative estimate of drug-likeness (QED) is 0.531. The number of fused-ring (bicyclic) bond motifs is 1. The molecule has 3 rings (SSSR count). The summed E-state index contributed by atoms with van der Waals surface area (Å²) in [5.74, 6) is 0.000676. The molecule has 0 amide bonds. The zero-order valence-electron chi connectivity index (χ0n) is 8.79. The number of nitrogens with zero attached hydrogens (tertiary/aromatic N) is 3. The molecule has 0 aliphatic heterocycles. The lowest BCUT2D eigenvalue weighted by Crippen LogP contribution is -2.13. The summed E-state index contributed by atoms with van der Waals surface area (Å²) in [4.78, 5) is 5.25. The third-order valence-electron chi connectivity index (χ3n) is 2.49. The van der Waals surface area contributed by atoms with Gasteiger partial charge in [-0.3, -0.25) is 5.41 Å². The molecule has 0 aliphatic carbocycles. The molecule has 0 fully saturated rings. The fourth-order valence-corrected chi connectivity index (χ4v) is 2.47. The Morgan fingerprint density at radius 2 is 2.24 bits per heavy atom. The minimum Gasteiger partial charge on any atom is -0.384 e. The molecule has 17 heavy (non-hydrogen) atoms. The third kappa shape index (κ3) is 1.50. The van der Waals surface area contributed by atoms with Crippen molar-refractivity contribution in [2.24, 2.45) is 5.73 Å². The maximum absolute atomic E-state index is 7.50. The molecule has 3 aromatic heterocycles. The second kappa shape index (κ2) is 3.67. The van der Waals surface area contributed by atoms with E-state index in [1.54, 1.807) is 21.9 Å². The molecule has 0 aliphatic rings. The van der Waals surface area contributed by atoms with Crippen LogP contribution in [0.15, 0.2) is 36.0 Å². The molecule has 0 aromatic carbocycles. The van der Waals surface area contributed by atoms with Gasteiger partial charge < -0.3 is 5.73 Å². The fraction of sp³-hybridized carbons (Fsp3) is 0. The summed E-state index contributed by atoms with van der Waals surface area (Å²) in [6.45, 7) is 0. The highest BCUT2D eigenvalue weighted by molar-refractivity contribution is 7.13. The molecule has 0 bridgehead atoms. The topological polar surface area (TPSA) is 80.1 Å². The number of nitrogens with two attached hydrogens (primary N) is 1. The zero-order valence-corrected chi connectivity index (χ0v) is 9.61. The number of hydrogen-bond donors (Lipinski definition) is 2. The zero-order chi connectivity index (χ0) is 11.8. The maximum atomic E-state index is 7.50. The lowest BCUT2D eigenvalue weighted by atomic mass is 10.2. The Hall–Kier alpha value is -2.21. The van der Waals surface area contributed by atoms with Crippen molar-refractivity contribution in [2.75, 3.05) is 0 Å². The first-order valence-electron chi connectivity index (χ1n) is 4.98. The highest BCUT2D eigenvalue weighted by atomic mass is 32.1. The molecule has 5 nitrogen and oxygen atoms in total. The minimum absolute atomic E-state index is 0.000676. The Balaban J connectivity index is 2.33. The SMILES string of the molecule is N=C(N)c1ccc(-c2cccs2)n2ncnc12. The molecule has 0 spiro atoms. The predicted molar refractivity (Wildman–Crippen MR) is 67.3 cm³/mol. The molecular formula is C11H9N5S. The average Bonchev–Trinajstić information content (AvgIpc) is 2.98. The van der Waals surface area contributed by atoms with E-state index in [1.807, 2.05) is 23.6 Å². The second-order valence-electron chi connectivity index (χ2n) is 3.52. The van der Waals surface area contributed by atoms with Gasteiger partial charge >= 0.3 is 0 Å². The maximum Gasteiger partial charge on any atom is 0.166 e. The van der Waals surface area contributed by atoms with Crippen LogP contribution in [0.2, 0.25) is 0 Å². The van der Waals surface area contributed by atoms with Crippen molar-refractivity contribution in [1.82, 2.24) is 14.6 Å². The highest BCUT2D eigenvalue weighted by Gasteiger charge is 2.11. The number of aromatic nitrogens is 3. The van der Waals surface area contributed by atoms with Crippen molar-refractivity contribution in [3.8, 4) is 10.6 Å². The van der Waals surface area contributed by atoms with Gasteiger partial charge in [-0.2, -0.15) is 5.10 Å². The van der Waals surface area contributed by atoms with E-state index in [-0.39, 0.29) is 5.84 Å². The van der Waals surface area contributed by atoms with Crippen LogP contribution in [-0.4, -0.2) is 20.4 Å². The van der Waals surface area contributed by atoms with Crippen molar-refractivity contribution in [1.29, 1.82) is 5.41 Å². The summed E-state index contributed by atoms with van der Waals surface area (Å²) in [7, 11) is 0. The lowest BCUT2D eigenvalue weighted by Gasteiger charge is -2.05. The minimum atomic E-state index is 0.000676. The van der Waals surface area contributed by atoms with Crippen molar-refractivity contribution in [2.45, 2.75) is 0 Å². The molecule has 3 N–H and O–H groups in total. The Labute approximate surface area is 101 Å². The van der Waals surface area contributed by atoms with Crippen molar-refractivity contribution in [3.63, 3.8) is 0 Å². The Bertz CT molecular complexity index is 683. The van der Waals surface area contributed by atoms with Gasteiger partial charge in [-0.25, -0.2) is 9.50 Å². The Kier molecular flexibility index (Phi) is 2.15. The monoisotopic (exact) mass is 243 g/mol.